The average Bonchev–Trinajstić information content (AvgIpc) is 3.00. The van der Waals surface area contributed by atoms with Gasteiger partial charge in [0.1, 0.15) is 0 Å². The van der Waals surface area contributed by atoms with Crippen LogP contribution in [0.25, 0.3) is 5.57 Å². The van der Waals surface area contributed by atoms with Gasteiger partial charge in [-0.3, -0.25) is 0 Å². The van der Waals surface area contributed by atoms with Crippen LogP contribution in [0.1, 0.15) is 12.0 Å². The largest absolute Gasteiger partial charge is 0.491 e. The number of hydrogen-bond acceptors (Lipinski definition) is 8. The molecule has 0 spiro atoms. The standard InChI is InChI=1S/C19H25N7O/c1-27-17-13-23-19(26-9-2-7-22-8-10-26)25-18(17)24-16-5-3-14(4-6-16)15(11-20)12-21/h3-6,11-13,20,22H,2,7-10,21H2,1H3,(H,23,24,25)/b15-12+,20-11?. The van der Waals surface area contributed by atoms with Gasteiger partial charge in [-0.15, -0.1) is 0 Å². The third-order valence-electron chi connectivity index (χ3n) is 4.40. The van der Waals surface area contributed by atoms with E-state index in [9.17, 15) is 0 Å². The van der Waals surface area contributed by atoms with E-state index >= 15 is 0 Å². The minimum Gasteiger partial charge on any atom is -0.491 e. The Balaban J connectivity index is 1.82. The Morgan fingerprint density at radius 2 is 2.11 bits per heavy atom. The quantitative estimate of drug-likeness (QED) is 0.578. The van der Waals surface area contributed by atoms with Crippen LogP contribution < -0.4 is 26.0 Å². The Bertz CT molecular complexity index is 796. The molecule has 3 rings (SSSR count). The van der Waals surface area contributed by atoms with Crippen molar-refractivity contribution < 1.29 is 4.74 Å². The first-order valence-corrected chi connectivity index (χ1v) is 8.91. The highest BCUT2D eigenvalue weighted by atomic mass is 16.5. The second kappa shape index (κ2) is 9.00. The summed E-state index contributed by atoms with van der Waals surface area (Å²) in [5, 5.41) is 14.1. The van der Waals surface area contributed by atoms with E-state index in [2.05, 4.69) is 25.5 Å². The van der Waals surface area contributed by atoms with Gasteiger partial charge in [-0.1, -0.05) is 12.1 Å². The Morgan fingerprint density at radius 3 is 2.81 bits per heavy atom. The van der Waals surface area contributed by atoms with Gasteiger partial charge < -0.3 is 31.4 Å². The lowest BCUT2D eigenvalue weighted by Gasteiger charge is -2.21. The molecule has 0 aliphatic carbocycles. The topological polar surface area (TPSA) is 112 Å². The van der Waals surface area contributed by atoms with Crippen LogP contribution in [0, 0.1) is 5.41 Å². The fraction of sp³-hybridized carbons (Fsp3) is 0.316. The molecule has 1 aromatic carbocycles. The second-order valence-electron chi connectivity index (χ2n) is 6.15. The molecule has 142 valence electrons. The van der Waals surface area contributed by atoms with Crippen LogP contribution in [0.3, 0.4) is 0 Å². The van der Waals surface area contributed by atoms with Crippen molar-refractivity contribution in [3.63, 3.8) is 0 Å². The van der Waals surface area contributed by atoms with Crippen molar-refractivity contribution in [3.8, 4) is 5.75 Å². The van der Waals surface area contributed by atoms with Crippen molar-refractivity contribution in [3.05, 3.63) is 42.2 Å². The summed E-state index contributed by atoms with van der Waals surface area (Å²) in [5.41, 5.74) is 7.95. The molecule has 1 aliphatic heterocycles. The van der Waals surface area contributed by atoms with Crippen LogP contribution in [0.5, 0.6) is 5.75 Å². The molecule has 8 nitrogen and oxygen atoms in total. The van der Waals surface area contributed by atoms with Crippen LogP contribution in [-0.4, -0.2) is 49.5 Å². The third kappa shape index (κ3) is 4.53. The normalized spacial score (nSPS) is 15.1. The van der Waals surface area contributed by atoms with E-state index in [1.54, 1.807) is 13.3 Å². The van der Waals surface area contributed by atoms with Crippen molar-refractivity contribution in [1.82, 2.24) is 15.3 Å². The monoisotopic (exact) mass is 367 g/mol. The number of nitrogens with one attached hydrogen (secondary N) is 3. The average molecular weight is 367 g/mol. The number of ether oxygens (including phenoxy) is 1. The maximum Gasteiger partial charge on any atom is 0.227 e. The summed E-state index contributed by atoms with van der Waals surface area (Å²) < 4.78 is 5.41. The van der Waals surface area contributed by atoms with E-state index in [-0.39, 0.29) is 0 Å². The lowest BCUT2D eigenvalue weighted by Crippen LogP contribution is -2.29. The number of benzene rings is 1. The lowest BCUT2D eigenvalue weighted by atomic mass is 10.1. The summed E-state index contributed by atoms with van der Waals surface area (Å²) in [4.78, 5) is 11.3. The van der Waals surface area contributed by atoms with Crippen LogP contribution in [0.4, 0.5) is 17.5 Å². The van der Waals surface area contributed by atoms with Crippen molar-refractivity contribution in [1.29, 1.82) is 5.41 Å². The third-order valence-corrected chi connectivity index (χ3v) is 4.40. The van der Waals surface area contributed by atoms with Gasteiger partial charge in [0.05, 0.1) is 13.3 Å². The lowest BCUT2D eigenvalue weighted by molar-refractivity contribution is 0.413. The zero-order chi connectivity index (χ0) is 19.1. The van der Waals surface area contributed by atoms with Crippen LogP contribution >= 0.6 is 0 Å². The highest BCUT2D eigenvalue weighted by molar-refractivity contribution is 6.08. The minimum atomic E-state index is 0.581. The van der Waals surface area contributed by atoms with Gasteiger partial charge in [-0.05, 0) is 30.7 Å². The molecule has 5 N–H and O–H groups in total. The van der Waals surface area contributed by atoms with Crippen LogP contribution in [0.2, 0.25) is 0 Å². The zero-order valence-corrected chi connectivity index (χ0v) is 15.4. The number of anilines is 3. The van der Waals surface area contributed by atoms with E-state index in [4.69, 9.17) is 15.9 Å². The van der Waals surface area contributed by atoms with Crippen LogP contribution in [-0.2, 0) is 0 Å². The van der Waals surface area contributed by atoms with E-state index < -0.39 is 0 Å². The summed E-state index contributed by atoms with van der Waals surface area (Å²) in [6.45, 7) is 3.73. The van der Waals surface area contributed by atoms with Gasteiger partial charge in [-0.25, -0.2) is 4.98 Å². The SMILES string of the molecule is COc1cnc(N2CCCNCC2)nc1Nc1ccc(/C(C=N)=C/N)cc1. The maximum atomic E-state index is 7.39. The first-order valence-electron chi connectivity index (χ1n) is 8.91. The summed E-state index contributed by atoms with van der Waals surface area (Å²) in [7, 11) is 1.60. The molecule has 0 amide bonds. The van der Waals surface area contributed by atoms with Gasteiger partial charge in [0.15, 0.2) is 11.6 Å². The molecule has 0 bridgehead atoms. The number of nitrogens with zero attached hydrogens (tertiary/aromatic N) is 3. The predicted octanol–water partition coefficient (Wildman–Crippen LogP) is 1.98. The van der Waals surface area contributed by atoms with Gasteiger partial charge >= 0.3 is 0 Å². The Labute approximate surface area is 159 Å². The predicted molar refractivity (Wildman–Crippen MR) is 109 cm³/mol. The summed E-state index contributed by atoms with van der Waals surface area (Å²) >= 11 is 0. The van der Waals surface area contributed by atoms with E-state index in [1.807, 2.05) is 24.3 Å². The van der Waals surface area contributed by atoms with Gasteiger partial charge in [0.25, 0.3) is 0 Å². The van der Waals surface area contributed by atoms with E-state index in [1.165, 1.54) is 12.4 Å². The molecule has 2 heterocycles. The number of aromatic nitrogens is 2. The molecule has 0 radical (unpaired) electrons. The molecular weight excluding hydrogens is 342 g/mol. The Hall–Kier alpha value is -3.13. The number of methoxy groups -OCH3 is 1. The minimum absolute atomic E-state index is 0.581. The summed E-state index contributed by atoms with van der Waals surface area (Å²) in [5.74, 6) is 1.89. The molecule has 2 aromatic rings. The van der Waals surface area contributed by atoms with Gasteiger partial charge in [0, 0.05) is 43.3 Å². The number of nitrogens with two attached hydrogens (primary N) is 1. The maximum absolute atomic E-state index is 7.39. The molecule has 1 saturated heterocycles. The Kier molecular flexibility index (Phi) is 6.22. The van der Waals surface area contributed by atoms with E-state index in [0.717, 1.165) is 43.9 Å². The first kappa shape index (κ1) is 18.7. The second-order valence-corrected chi connectivity index (χ2v) is 6.15. The van der Waals surface area contributed by atoms with Crippen LogP contribution in [0.15, 0.2) is 36.7 Å². The summed E-state index contributed by atoms with van der Waals surface area (Å²) in [6.07, 6.45) is 5.41. The highest BCUT2D eigenvalue weighted by Crippen LogP contribution is 2.27. The smallest absolute Gasteiger partial charge is 0.227 e. The van der Waals surface area contributed by atoms with Crippen molar-refractivity contribution >= 4 is 29.2 Å². The summed E-state index contributed by atoms with van der Waals surface area (Å²) in [6, 6.07) is 7.64. The van der Waals surface area contributed by atoms with Crippen molar-refractivity contribution in [2.75, 3.05) is 43.5 Å². The van der Waals surface area contributed by atoms with Gasteiger partial charge in [0.2, 0.25) is 5.95 Å². The molecule has 0 atom stereocenters. The van der Waals surface area contributed by atoms with Gasteiger partial charge in [-0.2, -0.15) is 4.98 Å². The fourth-order valence-corrected chi connectivity index (χ4v) is 2.91. The highest BCUT2D eigenvalue weighted by Gasteiger charge is 2.15. The Morgan fingerprint density at radius 1 is 1.30 bits per heavy atom. The molecule has 1 fully saturated rings. The molecule has 0 saturated carbocycles. The molecule has 1 aromatic heterocycles. The zero-order valence-electron chi connectivity index (χ0n) is 15.4. The number of hydrogen-bond donors (Lipinski definition) is 4. The van der Waals surface area contributed by atoms with Crippen molar-refractivity contribution in [2.45, 2.75) is 6.42 Å². The van der Waals surface area contributed by atoms with E-state index in [0.29, 0.717) is 23.1 Å². The first-order chi connectivity index (χ1) is 13.2. The fourth-order valence-electron chi connectivity index (χ4n) is 2.91. The number of rotatable bonds is 6. The molecular formula is C19H25N7O. The molecule has 1 aliphatic rings. The molecule has 8 heteroatoms. The molecule has 0 unspecified atom stereocenters. The number of allylic oxidation sites excluding steroid dienone is 1. The molecule has 27 heavy (non-hydrogen) atoms. The van der Waals surface area contributed by atoms with Crippen molar-refractivity contribution in [2.24, 2.45) is 5.73 Å².